The van der Waals surface area contributed by atoms with Gasteiger partial charge < -0.3 is 0 Å². The molecule has 0 saturated carbocycles. The van der Waals surface area contributed by atoms with Crippen LogP contribution in [-0.4, -0.2) is 0 Å². The monoisotopic (exact) mass is 186 g/mol. The molecule has 0 amide bonds. The van der Waals surface area contributed by atoms with Crippen molar-refractivity contribution in [2.24, 2.45) is 0 Å². The number of hydrogen-bond donors (Lipinski definition) is 0. The van der Waals surface area contributed by atoms with Crippen LogP contribution in [0.5, 0.6) is 0 Å². The molecule has 11 heavy (non-hydrogen) atoms. The summed E-state index contributed by atoms with van der Waals surface area (Å²) in [6.45, 7) is 2.25. The van der Waals surface area contributed by atoms with Crippen molar-refractivity contribution in [1.82, 2.24) is 5.09 Å². The molecule has 0 aromatic heterocycles. The Morgan fingerprint density at radius 2 is 2.27 bits per heavy atom. The van der Waals surface area contributed by atoms with Gasteiger partial charge in [-0.3, -0.25) is 0 Å². The first-order chi connectivity index (χ1) is 5.43. The highest BCUT2D eigenvalue weighted by Gasteiger charge is 1.98. The molecule has 0 spiro atoms. The molecule has 0 unspecified atom stereocenters. The van der Waals surface area contributed by atoms with Gasteiger partial charge in [0, 0.05) is 11.5 Å². The molecule has 0 bridgehead atoms. The average molecular weight is 186 g/mol. The van der Waals surface area contributed by atoms with Gasteiger partial charge in [-0.1, -0.05) is 26.2 Å². The molecule has 1 aliphatic heterocycles. The molecule has 3 heteroatoms. The molecule has 0 fully saturated rings. The van der Waals surface area contributed by atoms with Crippen LogP contribution in [0.15, 0.2) is 11.5 Å². The Morgan fingerprint density at radius 1 is 1.36 bits per heavy atom. The third-order valence-electron chi connectivity index (χ3n) is 1.72. The Bertz CT molecular complexity index is 163. The van der Waals surface area contributed by atoms with Crippen LogP contribution in [0.3, 0.4) is 0 Å². The van der Waals surface area contributed by atoms with Gasteiger partial charge in [-0.15, -0.1) is 0 Å². The molecule has 61 valence electrons. The maximum atomic E-state index is 4.16. The van der Waals surface area contributed by atoms with E-state index in [1.165, 1.54) is 53.3 Å². The Kier molecular flexibility index (Phi) is 4.82. The highest BCUT2D eigenvalue weighted by Crippen LogP contribution is 2.33. The van der Waals surface area contributed by atoms with Gasteiger partial charge in [0.15, 0.2) is 0 Å². The largest absolute Gasteiger partial charge is 0.230 e. The number of allylic oxidation sites excluding steroid dienone is 1. The lowest BCUT2D eigenvalue weighted by Crippen LogP contribution is -1.77. The zero-order valence-corrected chi connectivity index (χ0v) is 8.74. The zero-order chi connectivity index (χ0) is 7.94. The summed E-state index contributed by atoms with van der Waals surface area (Å²) in [6.07, 6.45) is 8.80. The molecule has 1 heterocycles. The summed E-state index contributed by atoms with van der Waals surface area (Å²) in [5, 5.41) is 5.69. The molecule has 0 N–H and O–H groups in total. The molecule has 0 aliphatic carbocycles. The summed E-state index contributed by atoms with van der Waals surface area (Å²) >= 11 is 0. The van der Waals surface area contributed by atoms with Gasteiger partial charge in [-0.25, -0.2) is 5.09 Å². The molecule has 1 rings (SSSR count). The fraction of sp³-hybridized carbons (Fsp3) is 0.750. The van der Waals surface area contributed by atoms with E-state index in [0.29, 0.717) is 0 Å². The quantitative estimate of drug-likeness (QED) is 0.452. The predicted molar refractivity (Wildman–Crippen MR) is 52.8 cm³/mol. The second-order valence-corrected chi connectivity index (χ2v) is 5.06. The average Bonchev–Trinajstić information content (AvgIpc) is 2.50. The van der Waals surface area contributed by atoms with Gasteiger partial charge in [-0.2, -0.15) is 0 Å². The van der Waals surface area contributed by atoms with Crippen LogP contribution in [0.25, 0.3) is 0 Å². The van der Waals surface area contributed by atoms with E-state index in [0.717, 1.165) is 0 Å². The normalized spacial score (nSPS) is 17.7. The first-order valence-electron chi connectivity index (χ1n) is 4.23. The smallest absolute Gasteiger partial charge is 0.0696 e. The molecular weight excluding hydrogens is 172 g/mol. The van der Waals surface area contributed by atoms with Crippen LogP contribution >= 0.6 is 15.9 Å². The fourth-order valence-electron chi connectivity index (χ4n) is 1.05. The van der Waals surface area contributed by atoms with Crippen molar-refractivity contribution in [2.75, 3.05) is 0 Å². The molecule has 0 saturated heterocycles. The maximum Gasteiger partial charge on any atom is 0.0696 e. The van der Waals surface area contributed by atoms with Gasteiger partial charge in [-0.05, 0) is 20.7 Å². The van der Waals surface area contributed by atoms with Crippen LogP contribution in [0.4, 0.5) is 0 Å². The SMILES string of the molecule is CCCCCCC1=C[N]P=P1. The Hall–Kier alpha value is 0.140. The van der Waals surface area contributed by atoms with Crippen molar-refractivity contribution in [3.63, 3.8) is 0 Å². The predicted octanol–water partition coefficient (Wildman–Crippen LogP) is 4.14. The third kappa shape index (κ3) is 3.89. The van der Waals surface area contributed by atoms with Crippen molar-refractivity contribution < 1.29 is 0 Å². The van der Waals surface area contributed by atoms with E-state index in [2.05, 4.69) is 18.2 Å². The highest BCUT2D eigenvalue weighted by molar-refractivity contribution is 7.85. The molecule has 1 radical (unpaired) electrons. The molecular formula is C8H14NP2. The Balaban J connectivity index is 1.99. The summed E-state index contributed by atoms with van der Waals surface area (Å²) in [7, 11) is 2.65. The van der Waals surface area contributed by atoms with E-state index in [9.17, 15) is 0 Å². The fourth-order valence-corrected chi connectivity index (χ4v) is 2.97. The Morgan fingerprint density at radius 3 is 2.91 bits per heavy atom. The Labute approximate surface area is 72.1 Å². The van der Waals surface area contributed by atoms with Crippen molar-refractivity contribution in [2.45, 2.75) is 39.0 Å². The molecule has 0 atom stereocenters. The van der Waals surface area contributed by atoms with Crippen molar-refractivity contribution >= 4 is 15.9 Å². The topological polar surface area (TPSA) is 14.1 Å². The van der Waals surface area contributed by atoms with Gasteiger partial charge >= 0.3 is 0 Å². The second kappa shape index (κ2) is 5.75. The third-order valence-corrected chi connectivity index (χ3v) is 3.97. The summed E-state index contributed by atoms with van der Waals surface area (Å²) in [6, 6.07) is 0. The number of nitrogens with zero attached hydrogens (tertiary/aromatic N) is 1. The van der Waals surface area contributed by atoms with E-state index in [4.69, 9.17) is 0 Å². The summed E-state index contributed by atoms with van der Waals surface area (Å²) in [5.41, 5.74) is 0. The van der Waals surface area contributed by atoms with Crippen LogP contribution in [0, 0.1) is 0 Å². The maximum absolute atomic E-state index is 4.16. The number of rotatable bonds is 5. The van der Waals surface area contributed by atoms with Gasteiger partial charge in [0.25, 0.3) is 0 Å². The molecule has 0 aromatic carbocycles. The second-order valence-electron chi connectivity index (χ2n) is 2.74. The minimum atomic E-state index is 1.23. The molecule has 1 aliphatic rings. The van der Waals surface area contributed by atoms with Gasteiger partial charge in [0.2, 0.25) is 0 Å². The van der Waals surface area contributed by atoms with E-state index < -0.39 is 0 Å². The van der Waals surface area contributed by atoms with Crippen LogP contribution in [0.1, 0.15) is 39.0 Å². The van der Waals surface area contributed by atoms with Crippen molar-refractivity contribution in [3.05, 3.63) is 11.5 Å². The standard InChI is InChI=1S/C8H14NP2/c1-2-3-4-5-6-8-7-9-11-10-8/h7H,2-6H2,1H3. The highest BCUT2D eigenvalue weighted by atomic mass is 31.7. The summed E-state index contributed by atoms with van der Waals surface area (Å²) < 4.78 is 0. The van der Waals surface area contributed by atoms with E-state index >= 15 is 0 Å². The number of hydrogen-bond acceptors (Lipinski definition) is 0. The van der Waals surface area contributed by atoms with E-state index in [-0.39, 0.29) is 0 Å². The van der Waals surface area contributed by atoms with Gasteiger partial charge in [0.05, 0.1) is 8.02 Å². The van der Waals surface area contributed by atoms with E-state index in [1.807, 2.05) is 0 Å². The van der Waals surface area contributed by atoms with Crippen LogP contribution < -0.4 is 5.09 Å². The molecule has 0 aromatic rings. The van der Waals surface area contributed by atoms with Crippen molar-refractivity contribution in [1.29, 1.82) is 0 Å². The minimum Gasteiger partial charge on any atom is -0.230 e. The minimum absolute atomic E-state index is 1.23. The lowest BCUT2D eigenvalue weighted by molar-refractivity contribution is 0.671. The number of unbranched alkanes of at least 4 members (excludes halogenated alkanes) is 3. The lowest BCUT2D eigenvalue weighted by Gasteiger charge is -1.96. The molecule has 1 nitrogen and oxygen atoms in total. The van der Waals surface area contributed by atoms with Crippen LogP contribution in [-0.2, 0) is 0 Å². The first-order valence-corrected chi connectivity index (χ1v) is 6.68. The van der Waals surface area contributed by atoms with Crippen LogP contribution in [0.2, 0.25) is 0 Å². The van der Waals surface area contributed by atoms with Gasteiger partial charge in [0.1, 0.15) is 0 Å². The first kappa shape index (κ1) is 9.23. The van der Waals surface area contributed by atoms with Crippen molar-refractivity contribution in [3.8, 4) is 0 Å². The lowest BCUT2D eigenvalue weighted by atomic mass is 10.1. The summed E-state index contributed by atoms with van der Waals surface area (Å²) in [4.78, 5) is 0. The zero-order valence-electron chi connectivity index (χ0n) is 6.95. The summed E-state index contributed by atoms with van der Waals surface area (Å²) in [5.74, 6) is 0. The van der Waals surface area contributed by atoms with E-state index in [1.54, 1.807) is 0 Å².